The number of allylic oxidation sites excluding steroid dienone is 1. The van der Waals surface area contributed by atoms with E-state index in [-0.39, 0.29) is 5.78 Å². The summed E-state index contributed by atoms with van der Waals surface area (Å²) in [4.78, 5) is 23.2. The van der Waals surface area contributed by atoms with Gasteiger partial charge in [0.1, 0.15) is 5.75 Å². The van der Waals surface area contributed by atoms with Crippen LogP contribution in [0.25, 0.3) is 6.08 Å². The van der Waals surface area contributed by atoms with Gasteiger partial charge in [-0.15, -0.1) is 0 Å². The highest BCUT2D eigenvalue weighted by Gasteiger charge is 2.23. The fraction of sp³-hybridized carbons (Fsp3) is 0.158. The van der Waals surface area contributed by atoms with Gasteiger partial charge in [0.25, 0.3) is 0 Å². The van der Waals surface area contributed by atoms with Crippen molar-refractivity contribution >= 4 is 17.8 Å². The molecule has 2 aromatic carbocycles. The minimum atomic E-state index is -1.02. The van der Waals surface area contributed by atoms with Crippen LogP contribution in [0.2, 0.25) is 0 Å². The molecule has 1 aliphatic rings. The van der Waals surface area contributed by atoms with E-state index >= 15 is 0 Å². The number of carbonyl (C=O) groups excluding carboxylic acids is 1. The van der Waals surface area contributed by atoms with E-state index in [0.717, 1.165) is 22.3 Å². The highest BCUT2D eigenvalue weighted by molar-refractivity contribution is 6.15. The number of aliphatic carboxylic acids is 1. The van der Waals surface area contributed by atoms with Crippen molar-refractivity contribution < 1.29 is 19.4 Å². The molecule has 4 heteroatoms. The molecule has 1 N–H and O–H groups in total. The van der Waals surface area contributed by atoms with E-state index in [4.69, 9.17) is 9.84 Å². The number of ether oxygens (including phenoxy) is 1. The Kier molecular flexibility index (Phi) is 3.98. The molecule has 0 aliphatic heterocycles. The van der Waals surface area contributed by atoms with Gasteiger partial charge in [0.2, 0.25) is 0 Å². The van der Waals surface area contributed by atoms with Crippen molar-refractivity contribution in [2.45, 2.75) is 19.4 Å². The van der Waals surface area contributed by atoms with Gasteiger partial charge < -0.3 is 9.84 Å². The van der Waals surface area contributed by atoms with Gasteiger partial charge in [-0.25, -0.2) is 4.79 Å². The number of hydrogen-bond acceptors (Lipinski definition) is 3. The zero-order chi connectivity index (χ0) is 16.4. The highest BCUT2D eigenvalue weighted by atomic mass is 16.5. The topological polar surface area (TPSA) is 63.6 Å². The van der Waals surface area contributed by atoms with Gasteiger partial charge in [-0.2, -0.15) is 0 Å². The Labute approximate surface area is 134 Å². The Morgan fingerprint density at radius 1 is 1.22 bits per heavy atom. The molecule has 0 unspecified atom stereocenters. The summed E-state index contributed by atoms with van der Waals surface area (Å²) in [5, 5.41) is 8.90. The summed E-state index contributed by atoms with van der Waals surface area (Å²) in [6.45, 7) is 1.48. The maximum absolute atomic E-state index is 12.4. The molecule has 0 saturated heterocycles. The lowest BCUT2D eigenvalue weighted by Crippen LogP contribution is -2.22. The van der Waals surface area contributed by atoms with E-state index < -0.39 is 12.1 Å². The third kappa shape index (κ3) is 3.16. The Hall–Kier alpha value is -2.88. The van der Waals surface area contributed by atoms with E-state index in [1.807, 2.05) is 36.4 Å². The minimum Gasteiger partial charge on any atom is -0.479 e. The largest absolute Gasteiger partial charge is 0.479 e. The van der Waals surface area contributed by atoms with Crippen molar-refractivity contribution in [3.63, 3.8) is 0 Å². The second kappa shape index (κ2) is 6.08. The number of carboxylic acids is 1. The molecule has 0 amide bonds. The molecule has 1 aliphatic carbocycles. The molecule has 0 bridgehead atoms. The van der Waals surface area contributed by atoms with Crippen molar-refractivity contribution in [1.29, 1.82) is 0 Å². The summed E-state index contributed by atoms with van der Waals surface area (Å²) < 4.78 is 5.36. The van der Waals surface area contributed by atoms with E-state index in [2.05, 4.69) is 0 Å². The summed E-state index contributed by atoms with van der Waals surface area (Å²) in [5.41, 5.74) is 3.34. The van der Waals surface area contributed by atoms with Crippen molar-refractivity contribution in [1.82, 2.24) is 0 Å². The quantitative estimate of drug-likeness (QED) is 0.880. The highest BCUT2D eigenvalue weighted by Crippen LogP contribution is 2.28. The van der Waals surface area contributed by atoms with Gasteiger partial charge in [0, 0.05) is 17.6 Å². The molecule has 0 spiro atoms. The number of hydrogen-bond donors (Lipinski definition) is 1. The van der Waals surface area contributed by atoms with Crippen LogP contribution in [0.1, 0.15) is 28.4 Å². The molecule has 4 nitrogen and oxygen atoms in total. The number of Topliss-reactive ketones (excluding diaryl/α,β-unsaturated/α-hetero) is 1. The van der Waals surface area contributed by atoms with E-state index in [1.54, 1.807) is 18.2 Å². The summed E-state index contributed by atoms with van der Waals surface area (Å²) >= 11 is 0. The summed E-state index contributed by atoms with van der Waals surface area (Å²) in [6.07, 6.45) is 1.53. The summed E-state index contributed by atoms with van der Waals surface area (Å²) in [5.74, 6) is -0.502. The molecule has 116 valence electrons. The Morgan fingerprint density at radius 2 is 2.00 bits per heavy atom. The average Bonchev–Trinajstić information content (AvgIpc) is 2.84. The second-order valence-corrected chi connectivity index (χ2v) is 5.50. The first-order valence-electron chi connectivity index (χ1n) is 7.37. The molecule has 0 fully saturated rings. The van der Waals surface area contributed by atoms with Crippen LogP contribution in [0.15, 0.2) is 54.1 Å². The maximum Gasteiger partial charge on any atom is 0.344 e. The molecule has 23 heavy (non-hydrogen) atoms. The van der Waals surface area contributed by atoms with E-state index in [1.165, 1.54) is 6.92 Å². The number of benzene rings is 2. The Morgan fingerprint density at radius 3 is 2.74 bits per heavy atom. The molecule has 3 rings (SSSR count). The monoisotopic (exact) mass is 308 g/mol. The normalized spacial score (nSPS) is 16.2. The summed E-state index contributed by atoms with van der Waals surface area (Å²) in [7, 11) is 0. The molecule has 0 radical (unpaired) electrons. The lowest BCUT2D eigenvalue weighted by Gasteiger charge is -2.10. The molecular weight excluding hydrogens is 292 g/mol. The van der Waals surface area contributed by atoms with Gasteiger partial charge in [-0.3, -0.25) is 4.79 Å². The number of carboxylic acid groups (broad SMARTS) is 1. The van der Waals surface area contributed by atoms with Crippen LogP contribution in [0.5, 0.6) is 5.75 Å². The lowest BCUT2D eigenvalue weighted by molar-refractivity contribution is -0.144. The van der Waals surface area contributed by atoms with Crippen LogP contribution < -0.4 is 4.74 Å². The van der Waals surface area contributed by atoms with Crippen molar-refractivity contribution in [3.8, 4) is 5.75 Å². The number of carbonyl (C=O) groups is 2. The molecule has 1 atom stereocenters. The first-order valence-corrected chi connectivity index (χ1v) is 7.37. The fourth-order valence-electron chi connectivity index (χ4n) is 2.60. The van der Waals surface area contributed by atoms with Gasteiger partial charge in [0.05, 0.1) is 0 Å². The number of fused-ring (bicyclic) bond motifs is 1. The fourth-order valence-corrected chi connectivity index (χ4v) is 2.60. The minimum absolute atomic E-state index is 0.0471. The van der Waals surface area contributed by atoms with Gasteiger partial charge >= 0.3 is 5.97 Å². The second-order valence-electron chi connectivity index (χ2n) is 5.50. The van der Waals surface area contributed by atoms with Gasteiger partial charge in [-0.05, 0) is 36.3 Å². The molecule has 2 aromatic rings. The van der Waals surface area contributed by atoms with Crippen LogP contribution in [-0.2, 0) is 11.2 Å². The van der Waals surface area contributed by atoms with Gasteiger partial charge in [-0.1, -0.05) is 36.4 Å². The molecule has 0 aromatic heterocycles. The van der Waals surface area contributed by atoms with Crippen LogP contribution in [-0.4, -0.2) is 23.0 Å². The van der Waals surface area contributed by atoms with Crippen molar-refractivity contribution in [2.24, 2.45) is 0 Å². The Bertz CT molecular complexity index is 805. The van der Waals surface area contributed by atoms with Gasteiger partial charge in [0.15, 0.2) is 11.9 Å². The van der Waals surface area contributed by atoms with Crippen molar-refractivity contribution in [2.75, 3.05) is 0 Å². The SMILES string of the molecule is C[C@@H](Oc1cccc(/C=C2\Cc3ccccc3C2=O)c1)C(=O)O. The predicted octanol–water partition coefficient (Wildman–Crippen LogP) is 3.36. The average molecular weight is 308 g/mol. The maximum atomic E-state index is 12.4. The Balaban J connectivity index is 1.84. The van der Waals surface area contributed by atoms with Crippen LogP contribution in [0.3, 0.4) is 0 Å². The van der Waals surface area contributed by atoms with Crippen LogP contribution in [0.4, 0.5) is 0 Å². The van der Waals surface area contributed by atoms with Crippen molar-refractivity contribution in [3.05, 3.63) is 70.8 Å². The molecule has 0 heterocycles. The van der Waals surface area contributed by atoms with E-state index in [0.29, 0.717) is 12.2 Å². The van der Waals surface area contributed by atoms with E-state index in [9.17, 15) is 9.59 Å². The molecular formula is C19H16O4. The number of rotatable bonds is 4. The smallest absolute Gasteiger partial charge is 0.344 e. The third-order valence-electron chi connectivity index (χ3n) is 3.79. The van der Waals surface area contributed by atoms with Crippen LogP contribution in [0, 0.1) is 0 Å². The predicted molar refractivity (Wildman–Crippen MR) is 86.6 cm³/mol. The first-order chi connectivity index (χ1) is 11.0. The standard InChI is InChI=1S/C19H16O4/c1-12(19(21)22)23-16-7-4-5-13(10-16)9-15-11-14-6-2-3-8-17(14)18(15)20/h2-10,12H,11H2,1H3,(H,21,22)/b15-9+/t12-/m1/s1. The first kappa shape index (κ1) is 15.0. The zero-order valence-electron chi connectivity index (χ0n) is 12.7. The molecule has 0 saturated carbocycles. The lowest BCUT2D eigenvalue weighted by atomic mass is 10.1. The van der Waals surface area contributed by atoms with Crippen LogP contribution >= 0.6 is 0 Å². The number of ketones is 1. The third-order valence-corrected chi connectivity index (χ3v) is 3.79. The zero-order valence-corrected chi connectivity index (χ0v) is 12.7. The summed E-state index contributed by atoms with van der Waals surface area (Å²) in [6, 6.07) is 14.7.